The molecule has 1 unspecified atom stereocenters. The molecule has 0 heterocycles. The summed E-state index contributed by atoms with van der Waals surface area (Å²) in [5, 5.41) is 7.83. The average Bonchev–Trinajstić information content (AvgIpc) is 2.76. The maximum atomic E-state index is 11.9. The summed E-state index contributed by atoms with van der Waals surface area (Å²) in [6.45, 7) is 1.69. The first-order valence-corrected chi connectivity index (χ1v) is 7.64. The van der Waals surface area contributed by atoms with Crippen LogP contribution in [-0.4, -0.2) is 13.7 Å². The van der Waals surface area contributed by atoms with E-state index in [2.05, 4.69) is 4.72 Å². The summed E-state index contributed by atoms with van der Waals surface area (Å²) in [6.07, 6.45) is 3.48. The quantitative estimate of drug-likeness (QED) is 0.906. The van der Waals surface area contributed by atoms with Crippen molar-refractivity contribution in [3.8, 4) is 6.07 Å². The van der Waals surface area contributed by atoms with Gasteiger partial charge in [0.05, 0.1) is 6.07 Å². The van der Waals surface area contributed by atoms with Gasteiger partial charge < -0.3 is 0 Å². The fourth-order valence-electron chi connectivity index (χ4n) is 2.25. The van der Waals surface area contributed by atoms with Gasteiger partial charge in [0.2, 0.25) is 10.0 Å². The van der Waals surface area contributed by atoms with E-state index in [-0.39, 0.29) is 6.42 Å². The number of aryl methyl sites for hydroxylation is 2. The number of nitriles is 1. The van der Waals surface area contributed by atoms with E-state index in [1.165, 1.54) is 11.1 Å². The summed E-state index contributed by atoms with van der Waals surface area (Å²) < 4.78 is 26.4. The summed E-state index contributed by atoms with van der Waals surface area (Å²) in [4.78, 5) is 0. The molecular formula is C13H16N2O2S. The summed E-state index contributed by atoms with van der Waals surface area (Å²) in [5.41, 5.74) is 3.06. The smallest absolute Gasteiger partial charge is 0.249 e. The van der Waals surface area contributed by atoms with Crippen LogP contribution in [0.1, 0.15) is 30.9 Å². The fourth-order valence-corrected chi connectivity index (χ4v) is 3.43. The Labute approximate surface area is 108 Å². The molecule has 0 spiro atoms. The van der Waals surface area contributed by atoms with Crippen LogP contribution in [-0.2, 0) is 22.9 Å². The number of nitrogens with one attached hydrogen (secondary N) is 1. The molecule has 1 N–H and O–H groups in total. The van der Waals surface area contributed by atoms with Crippen LogP contribution >= 0.6 is 0 Å². The minimum absolute atomic E-state index is 0.288. The van der Waals surface area contributed by atoms with E-state index in [9.17, 15) is 8.42 Å². The first-order valence-electron chi connectivity index (χ1n) is 6.10. The van der Waals surface area contributed by atoms with E-state index in [4.69, 9.17) is 5.26 Å². The molecule has 4 nitrogen and oxygen atoms in total. The van der Waals surface area contributed by atoms with Gasteiger partial charge in [0, 0.05) is 5.69 Å². The molecule has 1 aromatic rings. The van der Waals surface area contributed by atoms with Gasteiger partial charge in [-0.15, -0.1) is 0 Å². The van der Waals surface area contributed by atoms with Gasteiger partial charge >= 0.3 is 0 Å². The maximum absolute atomic E-state index is 11.9. The minimum atomic E-state index is -3.60. The largest absolute Gasteiger partial charge is 0.282 e. The average molecular weight is 264 g/mol. The number of rotatable bonds is 4. The fraction of sp³-hybridized carbons (Fsp3) is 0.462. The van der Waals surface area contributed by atoms with Crippen molar-refractivity contribution in [3.63, 3.8) is 0 Å². The highest BCUT2D eigenvalue weighted by Gasteiger charge is 2.23. The lowest BCUT2D eigenvalue weighted by molar-refractivity contribution is 0.593. The SMILES string of the molecule is CCC(C#N)S(=O)(=O)Nc1ccc2c(c1)CCC2. The van der Waals surface area contributed by atoms with Crippen LogP contribution in [0.4, 0.5) is 5.69 Å². The Hall–Kier alpha value is -1.54. The van der Waals surface area contributed by atoms with Gasteiger partial charge in [-0.25, -0.2) is 8.42 Å². The molecule has 0 amide bonds. The Morgan fingerprint density at radius 2 is 2.11 bits per heavy atom. The maximum Gasteiger partial charge on any atom is 0.249 e. The predicted molar refractivity (Wildman–Crippen MR) is 70.7 cm³/mol. The summed E-state index contributed by atoms with van der Waals surface area (Å²) in [6, 6.07) is 7.43. The third-order valence-corrected chi connectivity index (χ3v) is 4.96. The Balaban J connectivity index is 2.22. The lowest BCUT2D eigenvalue weighted by atomic mass is 10.1. The van der Waals surface area contributed by atoms with Gasteiger partial charge in [-0.3, -0.25) is 4.72 Å². The third-order valence-electron chi connectivity index (χ3n) is 3.25. The van der Waals surface area contributed by atoms with E-state index in [1.54, 1.807) is 13.0 Å². The lowest BCUT2D eigenvalue weighted by Crippen LogP contribution is -2.25. The first kappa shape index (κ1) is 12.9. The number of hydrogen-bond acceptors (Lipinski definition) is 3. The molecule has 0 aromatic heterocycles. The molecule has 1 aliphatic carbocycles. The molecule has 5 heteroatoms. The van der Waals surface area contributed by atoms with Crippen LogP contribution in [0, 0.1) is 11.3 Å². The number of hydrogen-bond donors (Lipinski definition) is 1. The molecule has 0 aliphatic heterocycles. The van der Waals surface area contributed by atoms with Crippen LogP contribution in [0.3, 0.4) is 0 Å². The standard InChI is InChI=1S/C13H16N2O2S/c1-2-13(9-14)18(16,17)15-12-7-6-10-4-3-5-11(10)8-12/h6-8,13,15H,2-5H2,1H3. The van der Waals surface area contributed by atoms with Crippen molar-refractivity contribution in [1.82, 2.24) is 0 Å². The van der Waals surface area contributed by atoms with Crippen LogP contribution in [0.15, 0.2) is 18.2 Å². The molecule has 18 heavy (non-hydrogen) atoms. The minimum Gasteiger partial charge on any atom is -0.282 e. The normalized spacial score (nSPS) is 15.8. The van der Waals surface area contributed by atoms with Crippen molar-refractivity contribution in [1.29, 1.82) is 5.26 Å². The lowest BCUT2D eigenvalue weighted by Gasteiger charge is -2.12. The Kier molecular flexibility index (Phi) is 3.58. The van der Waals surface area contributed by atoms with Crippen molar-refractivity contribution in [2.45, 2.75) is 37.9 Å². The Morgan fingerprint density at radius 1 is 1.39 bits per heavy atom. The van der Waals surface area contributed by atoms with Gasteiger partial charge in [0.15, 0.2) is 5.25 Å². The molecule has 2 rings (SSSR count). The second-order valence-corrected chi connectivity index (χ2v) is 6.37. The number of sulfonamides is 1. The predicted octanol–water partition coefficient (Wildman–Crippen LogP) is 2.22. The number of fused-ring (bicyclic) bond motifs is 1. The molecular weight excluding hydrogens is 248 g/mol. The summed E-state index contributed by atoms with van der Waals surface area (Å²) in [7, 11) is -3.60. The molecule has 0 radical (unpaired) electrons. The van der Waals surface area contributed by atoms with E-state index in [1.807, 2.05) is 18.2 Å². The van der Waals surface area contributed by atoms with Crippen LogP contribution in [0.25, 0.3) is 0 Å². The molecule has 1 aromatic carbocycles. The summed E-state index contributed by atoms with van der Waals surface area (Å²) in [5.74, 6) is 0. The highest BCUT2D eigenvalue weighted by molar-refractivity contribution is 7.93. The van der Waals surface area contributed by atoms with Crippen LogP contribution in [0.2, 0.25) is 0 Å². The van der Waals surface area contributed by atoms with E-state index < -0.39 is 15.3 Å². The van der Waals surface area contributed by atoms with E-state index >= 15 is 0 Å². The molecule has 1 atom stereocenters. The number of anilines is 1. The van der Waals surface area contributed by atoms with Crippen LogP contribution in [0.5, 0.6) is 0 Å². The second-order valence-electron chi connectivity index (χ2n) is 4.51. The van der Waals surface area contributed by atoms with E-state index in [0.717, 1.165) is 19.3 Å². The van der Waals surface area contributed by atoms with Gasteiger partial charge in [0.25, 0.3) is 0 Å². The zero-order valence-corrected chi connectivity index (χ0v) is 11.1. The van der Waals surface area contributed by atoms with Crippen molar-refractivity contribution in [2.24, 2.45) is 0 Å². The van der Waals surface area contributed by atoms with Crippen LogP contribution < -0.4 is 4.72 Å². The summed E-state index contributed by atoms with van der Waals surface area (Å²) >= 11 is 0. The van der Waals surface area contributed by atoms with Crippen molar-refractivity contribution < 1.29 is 8.42 Å². The highest BCUT2D eigenvalue weighted by Crippen LogP contribution is 2.25. The van der Waals surface area contributed by atoms with Crippen molar-refractivity contribution in [2.75, 3.05) is 4.72 Å². The van der Waals surface area contributed by atoms with Crippen molar-refractivity contribution in [3.05, 3.63) is 29.3 Å². The Bertz CT molecular complexity index is 587. The monoisotopic (exact) mass is 264 g/mol. The van der Waals surface area contributed by atoms with Gasteiger partial charge in [0.1, 0.15) is 0 Å². The van der Waals surface area contributed by atoms with Crippen molar-refractivity contribution >= 4 is 15.7 Å². The highest BCUT2D eigenvalue weighted by atomic mass is 32.2. The molecule has 0 fully saturated rings. The number of benzene rings is 1. The van der Waals surface area contributed by atoms with E-state index in [0.29, 0.717) is 5.69 Å². The topological polar surface area (TPSA) is 70.0 Å². The third kappa shape index (κ3) is 2.49. The second kappa shape index (κ2) is 4.99. The van der Waals surface area contributed by atoms with Gasteiger partial charge in [-0.05, 0) is 48.9 Å². The molecule has 96 valence electrons. The molecule has 0 saturated heterocycles. The van der Waals surface area contributed by atoms with Gasteiger partial charge in [-0.2, -0.15) is 5.26 Å². The number of nitrogens with zero attached hydrogens (tertiary/aromatic N) is 1. The van der Waals surface area contributed by atoms with Gasteiger partial charge in [-0.1, -0.05) is 13.0 Å². The molecule has 1 aliphatic rings. The zero-order chi connectivity index (χ0) is 13.2. The Morgan fingerprint density at radius 3 is 2.78 bits per heavy atom. The molecule has 0 bridgehead atoms. The zero-order valence-electron chi connectivity index (χ0n) is 10.3. The first-order chi connectivity index (χ1) is 8.56. The molecule has 0 saturated carbocycles.